The van der Waals surface area contributed by atoms with E-state index in [-0.39, 0.29) is 27.1 Å². The second kappa shape index (κ2) is 4.51. The van der Waals surface area contributed by atoms with E-state index in [0.29, 0.717) is 0 Å². The first-order valence-corrected chi connectivity index (χ1v) is 6.48. The largest absolute Gasteiger partial charge is 0.366 e. The Kier molecular flexibility index (Phi) is 2.92. The fraction of sp³-hybridized carbons (Fsp3) is 0. The van der Waals surface area contributed by atoms with Gasteiger partial charge in [0.2, 0.25) is 5.91 Å². The van der Waals surface area contributed by atoms with Crippen molar-refractivity contribution in [3.63, 3.8) is 0 Å². The van der Waals surface area contributed by atoms with Crippen LogP contribution >= 0.6 is 23.2 Å². The molecule has 3 rings (SSSR count). The maximum Gasteiger partial charge on any atom is 0.265 e. The quantitative estimate of drug-likeness (QED) is 0.790. The van der Waals surface area contributed by atoms with Crippen molar-refractivity contribution in [2.75, 3.05) is 0 Å². The molecule has 4 nitrogen and oxygen atoms in total. The Morgan fingerprint density at radius 1 is 0.950 bits per heavy atom. The minimum absolute atomic E-state index is 0.101. The van der Waals surface area contributed by atoms with Crippen molar-refractivity contribution in [1.82, 2.24) is 4.57 Å². The molecule has 0 unspecified atom stereocenters. The Morgan fingerprint density at radius 2 is 1.40 bits per heavy atom. The molecule has 100 valence electrons. The number of nitrogens with zero attached hydrogens (tertiary/aromatic N) is 1. The van der Waals surface area contributed by atoms with Crippen LogP contribution in [0.25, 0.3) is 11.0 Å². The van der Waals surface area contributed by atoms with E-state index < -0.39 is 5.91 Å². The van der Waals surface area contributed by atoms with Gasteiger partial charge in [0.15, 0.2) is 0 Å². The first kappa shape index (κ1) is 13.0. The Bertz CT molecular complexity index is 767. The number of fused-ring (bicyclic) bond motifs is 2. The summed E-state index contributed by atoms with van der Waals surface area (Å²) in [6, 6.07) is 9.99. The number of carbonyl (C=O) groups is 2. The summed E-state index contributed by atoms with van der Waals surface area (Å²) >= 11 is 12.1. The van der Waals surface area contributed by atoms with Gasteiger partial charge in [-0.15, -0.1) is 0 Å². The van der Waals surface area contributed by atoms with Gasteiger partial charge in [0.1, 0.15) is 0 Å². The van der Waals surface area contributed by atoms with Crippen LogP contribution in [0.3, 0.4) is 0 Å². The number of rotatable bonds is 2. The van der Waals surface area contributed by atoms with Gasteiger partial charge >= 0.3 is 0 Å². The number of aromatic nitrogens is 1. The van der Waals surface area contributed by atoms with Gasteiger partial charge in [-0.1, -0.05) is 23.2 Å². The summed E-state index contributed by atoms with van der Waals surface area (Å²) < 4.78 is 1.51. The summed E-state index contributed by atoms with van der Waals surface area (Å²) in [5.41, 5.74) is 7.01. The topological polar surface area (TPSA) is 65.1 Å². The molecule has 0 saturated carbocycles. The number of halogens is 2. The molecule has 0 radical (unpaired) electrons. The predicted octanol–water partition coefficient (Wildman–Crippen LogP) is 3.17. The predicted molar refractivity (Wildman–Crippen MR) is 77.8 cm³/mol. The monoisotopic (exact) mass is 306 g/mol. The zero-order valence-corrected chi connectivity index (χ0v) is 11.6. The van der Waals surface area contributed by atoms with Gasteiger partial charge in [0, 0.05) is 16.6 Å². The fourth-order valence-electron chi connectivity index (χ4n) is 2.17. The van der Waals surface area contributed by atoms with E-state index in [9.17, 15) is 9.59 Å². The van der Waals surface area contributed by atoms with Crippen molar-refractivity contribution in [1.29, 1.82) is 0 Å². The van der Waals surface area contributed by atoms with E-state index >= 15 is 0 Å². The standard InChI is InChI=1S/C14H8Cl2N2O2/c15-10-5-7(13(17)19)6-11(16)12(10)14(20)18-8-1-2-9(18)4-3-8/h1-6H,(H2,17,19). The molecule has 0 atom stereocenters. The summed E-state index contributed by atoms with van der Waals surface area (Å²) in [7, 11) is 0. The lowest BCUT2D eigenvalue weighted by Crippen LogP contribution is -2.15. The average molecular weight is 307 g/mol. The molecule has 0 aliphatic rings. The first-order chi connectivity index (χ1) is 9.49. The molecular formula is C14H8Cl2N2O2. The third-order valence-electron chi connectivity index (χ3n) is 3.11. The van der Waals surface area contributed by atoms with Crippen LogP contribution in [0.15, 0.2) is 36.4 Å². The van der Waals surface area contributed by atoms with Gasteiger partial charge in [-0.05, 0) is 36.4 Å². The zero-order chi connectivity index (χ0) is 14.4. The highest BCUT2D eigenvalue weighted by molar-refractivity contribution is 6.40. The second-order valence-electron chi connectivity index (χ2n) is 4.34. The molecule has 2 bridgehead atoms. The van der Waals surface area contributed by atoms with Crippen LogP contribution in [-0.4, -0.2) is 16.4 Å². The van der Waals surface area contributed by atoms with Crippen molar-refractivity contribution in [3.8, 4) is 0 Å². The van der Waals surface area contributed by atoms with Crippen LogP contribution in [0.2, 0.25) is 10.0 Å². The molecule has 0 saturated heterocycles. The maximum atomic E-state index is 12.5. The summed E-state index contributed by atoms with van der Waals surface area (Å²) in [5.74, 6) is -0.989. The highest BCUT2D eigenvalue weighted by Gasteiger charge is 2.21. The third kappa shape index (κ3) is 1.85. The minimum Gasteiger partial charge on any atom is -0.366 e. The normalized spacial score (nSPS) is 11.1. The van der Waals surface area contributed by atoms with E-state index in [2.05, 4.69) is 0 Å². The molecule has 1 aromatic carbocycles. The molecule has 2 aromatic heterocycles. The Balaban J connectivity index is 2.16. The van der Waals surface area contributed by atoms with Crippen molar-refractivity contribution in [2.24, 2.45) is 5.73 Å². The van der Waals surface area contributed by atoms with Crippen LogP contribution in [-0.2, 0) is 0 Å². The highest BCUT2D eigenvalue weighted by Crippen LogP contribution is 2.29. The van der Waals surface area contributed by atoms with Gasteiger partial charge in [0.05, 0.1) is 15.6 Å². The van der Waals surface area contributed by atoms with E-state index in [0.717, 1.165) is 11.0 Å². The van der Waals surface area contributed by atoms with Crippen LogP contribution in [0.4, 0.5) is 0 Å². The molecule has 6 heteroatoms. The minimum atomic E-state index is -0.652. The number of carbonyl (C=O) groups excluding carboxylic acids is 2. The molecule has 0 aliphatic carbocycles. The number of primary amides is 1. The van der Waals surface area contributed by atoms with Crippen LogP contribution in [0.5, 0.6) is 0 Å². The Morgan fingerprint density at radius 3 is 1.80 bits per heavy atom. The van der Waals surface area contributed by atoms with Crippen LogP contribution in [0.1, 0.15) is 20.7 Å². The van der Waals surface area contributed by atoms with E-state index in [4.69, 9.17) is 28.9 Å². The molecule has 0 aliphatic heterocycles. The zero-order valence-electron chi connectivity index (χ0n) is 10.1. The lowest BCUT2D eigenvalue weighted by molar-refractivity contribution is 0.0966. The van der Waals surface area contributed by atoms with Crippen molar-refractivity contribution < 1.29 is 9.59 Å². The number of amides is 1. The molecule has 2 N–H and O–H groups in total. The molecule has 2 heterocycles. The van der Waals surface area contributed by atoms with Gasteiger partial charge in [-0.25, -0.2) is 0 Å². The molecule has 1 amide bonds. The third-order valence-corrected chi connectivity index (χ3v) is 3.71. The Hall–Kier alpha value is -2.04. The Labute approximate surface area is 124 Å². The van der Waals surface area contributed by atoms with E-state index in [1.165, 1.54) is 16.7 Å². The van der Waals surface area contributed by atoms with Gasteiger partial charge < -0.3 is 5.73 Å². The second-order valence-corrected chi connectivity index (χ2v) is 5.15. The van der Waals surface area contributed by atoms with Gasteiger partial charge in [-0.2, -0.15) is 0 Å². The lowest BCUT2D eigenvalue weighted by atomic mass is 10.1. The highest BCUT2D eigenvalue weighted by atomic mass is 35.5. The molecule has 3 aromatic rings. The van der Waals surface area contributed by atoms with E-state index in [1.807, 2.05) is 24.3 Å². The first-order valence-electron chi connectivity index (χ1n) is 5.72. The van der Waals surface area contributed by atoms with Gasteiger partial charge in [-0.3, -0.25) is 14.2 Å². The summed E-state index contributed by atoms with van der Waals surface area (Å²) in [4.78, 5) is 23.7. The smallest absolute Gasteiger partial charge is 0.265 e. The average Bonchev–Trinajstić information content (AvgIpc) is 2.97. The number of hydrogen-bond donors (Lipinski definition) is 1. The van der Waals surface area contributed by atoms with Crippen molar-refractivity contribution in [3.05, 3.63) is 57.6 Å². The van der Waals surface area contributed by atoms with E-state index in [1.54, 1.807) is 0 Å². The maximum absolute atomic E-state index is 12.5. The molecular weight excluding hydrogens is 299 g/mol. The van der Waals surface area contributed by atoms with Crippen LogP contribution in [0, 0.1) is 0 Å². The summed E-state index contributed by atoms with van der Waals surface area (Å²) in [6.07, 6.45) is 0. The molecule has 20 heavy (non-hydrogen) atoms. The summed E-state index contributed by atoms with van der Waals surface area (Å²) in [6.45, 7) is 0. The summed E-state index contributed by atoms with van der Waals surface area (Å²) in [5, 5.41) is 0.201. The lowest BCUT2D eigenvalue weighted by Gasteiger charge is -2.09. The number of hydrogen-bond acceptors (Lipinski definition) is 2. The fourth-order valence-corrected chi connectivity index (χ4v) is 2.81. The number of nitrogens with two attached hydrogens (primary N) is 1. The van der Waals surface area contributed by atoms with Crippen molar-refractivity contribution in [2.45, 2.75) is 0 Å². The van der Waals surface area contributed by atoms with Crippen molar-refractivity contribution >= 4 is 46.0 Å². The molecule has 0 fully saturated rings. The number of benzene rings is 2. The SMILES string of the molecule is NC(=O)c1cc(Cl)c(C(=O)n2c3ccc2cc3)c(Cl)c1. The molecule has 0 spiro atoms. The van der Waals surface area contributed by atoms with Crippen LogP contribution < -0.4 is 5.73 Å². The van der Waals surface area contributed by atoms with Gasteiger partial charge in [0.25, 0.3) is 5.91 Å².